The first kappa shape index (κ1) is 23.4. The van der Waals surface area contributed by atoms with Crippen molar-refractivity contribution in [1.82, 2.24) is 5.32 Å². The molecule has 1 heterocycles. The number of methoxy groups -OCH3 is 1. The van der Waals surface area contributed by atoms with E-state index in [1.165, 1.54) is 13.2 Å². The number of rotatable bonds is 6. The maximum Gasteiger partial charge on any atom is 0.337 e. The van der Waals surface area contributed by atoms with Crippen molar-refractivity contribution in [2.24, 2.45) is 0 Å². The Labute approximate surface area is 208 Å². The third-order valence-corrected chi connectivity index (χ3v) is 7.27. The number of ether oxygens (including phenoxy) is 1. The van der Waals surface area contributed by atoms with Crippen LogP contribution < -0.4 is 10.2 Å². The van der Waals surface area contributed by atoms with Gasteiger partial charge in [-0.05, 0) is 72.9 Å². The van der Waals surface area contributed by atoms with Crippen molar-refractivity contribution in [3.63, 3.8) is 0 Å². The molecule has 1 fully saturated rings. The number of hydrogen-bond acceptors (Lipinski definition) is 4. The number of fused-ring (bicyclic) bond motifs is 2. The standard InChI is InChI=1S/C28H26ClFN2O3/c1-17(19-5-7-20(8-6-19)27(34)35-2)31-26(33)23-13-22(30)14-24-25(23)32(16-28(24)11-12-28)15-18-3-9-21(29)10-4-18/h3-10,13-14,17H,11-12,15-16H2,1-2H3,(H,31,33)/t17-/m0/s1. The maximum atomic E-state index is 14.7. The summed E-state index contributed by atoms with van der Waals surface area (Å²) in [7, 11) is 1.33. The first-order valence-electron chi connectivity index (χ1n) is 11.6. The summed E-state index contributed by atoms with van der Waals surface area (Å²) in [6, 6.07) is 17.1. The summed E-state index contributed by atoms with van der Waals surface area (Å²) in [6.07, 6.45) is 1.98. The molecule has 0 saturated heterocycles. The van der Waals surface area contributed by atoms with E-state index in [2.05, 4.69) is 10.2 Å². The normalized spacial score (nSPS) is 16.1. The smallest absolute Gasteiger partial charge is 0.337 e. The maximum absolute atomic E-state index is 14.7. The highest BCUT2D eigenvalue weighted by atomic mass is 35.5. The lowest BCUT2D eigenvalue weighted by Crippen LogP contribution is -2.30. The molecule has 0 aromatic heterocycles. The van der Waals surface area contributed by atoms with Crippen LogP contribution in [0.3, 0.4) is 0 Å². The Bertz CT molecular complexity index is 1290. The number of hydrogen-bond donors (Lipinski definition) is 1. The molecule has 1 amide bonds. The number of nitrogens with one attached hydrogen (secondary N) is 1. The minimum atomic E-state index is -0.418. The molecule has 35 heavy (non-hydrogen) atoms. The molecular weight excluding hydrogens is 467 g/mol. The summed E-state index contributed by atoms with van der Waals surface area (Å²) < 4.78 is 19.4. The number of halogens is 2. The molecule has 7 heteroatoms. The van der Waals surface area contributed by atoms with Crippen molar-refractivity contribution >= 4 is 29.2 Å². The second-order valence-electron chi connectivity index (χ2n) is 9.42. The second-order valence-corrected chi connectivity index (χ2v) is 9.86. The minimum absolute atomic E-state index is 0.0752. The average Bonchev–Trinajstić information content (AvgIpc) is 3.58. The van der Waals surface area contributed by atoms with E-state index in [4.69, 9.17) is 16.3 Å². The Morgan fingerprint density at radius 2 is 1.80 bits per heavy atom. The van der Waals surface area contributed by atoms with Gasteiger partial charge < -0.3 is 15.0 Å². The van der Waals surface area contributed by atoms with Gasteiger partial charge in [0.25, 0.3) is 5.91 Å². The molecule has 5 nitrogen and oxygen atoms in total. The van der Waals surface area contributed by atoms with E-state index >= 15 is 0 Å². The Kier molecular flexibility index (Phi) is 6.01. The van der Waals surface area contributed by atoms with Crippen LogP contribution in [0.2, 0.25) is 5.02 Å². The van der Waals surface area contributed by atoms with Gasteiger partial charge in [0, 0.05) is 23.5 Å². The second kappa shape index (κ2) is 9.00. The van der Waals surface area contributed by atoms with Crippen LogP contribution in [0, 0.1) is 5.82 Å². The highest BCUT2D eigenvalue weighted by molar-refractivity contribution is 6.30. The van der Waals surface area contributed by atoms with Crippen LogP contribution in [0.5, 0.6) is 0 Å². The van der Waals surface area contributed by atoms with Crippen LogP contribution in [-0.2, 0) is 16.7 Å². The van der Waals surface area contributed by atoms with Crippen LogP contribution in [0.1, 0.15) is 63.2 Å². The third kappa shape index (κ3) is 4.50. The van der Waals surface area contributed by atoms with Crippen molar-refractivity contribution in [1.29, 1.82) is 0 Å². The van der Waals surface area contributed by atoms with Crippen molar-refractivity contribution in [2.75, 3.05) is 18.6 Å². The van der Waals surface area contributed by atoms with Crippen molar-refractivity contribution < 1.29 is 18.7 Å². The summed E-state index contributed by atoms with van der Waals surface area (Å²) in [5.74, 6) is -1.15. The van der Waals surface area contributed by atoms with Crippen LogP contribution in [-0.4, -0.2) is 25.5 Å². The van der Waals surface area contributed by atoms with E-state index in [1.807, 2.05) is 31.2 Å². The molecule has 1 spiro atoms. The van der Waals surface area contributed by atoms with Gasteiger partial charge in [-0.25, -0.2) is 9.18 Å². The molecule has 1 N–H and O–H groups in total. The molecule has 1 atom stereocenters. The molecule has 1 aliphatic heterocycles. The molecule has 5 rings (SSSR count). The Morgan fingerprint density at radius 3 is 2.43 bits per heavy atom. The van der Waals surface area contributed by atoms with Crippen LogP contribution >= 0.6 is 11.6 Å². The zero-order valence-electron chi connectivity index (χ0n) is 19.6. The summed E-state index contributed by atoms with van der Waals surface area (Å²) in [4.78, 5) is 27.3. The van der Waals surface area contributed by atoms with Crippen LogP contribution in [0.15, 0.2) is 60.7 Å². The monoisotopic (exact) mass is 492 g/mol. The van der Waals surface area contributed by atoms with E-state index in [0.717, 1.165) is 41.8 Å². The fourth-order valence-corrected chi connectivity index (χ4v) is 5.08. The molecule has 0 bridgehead atoms. The molecule has 2 aliphatic rings. The van der Waals surface area contributed by atoms with E-state index in [-0.39, 0.29) is 17.4 Å². The van der Waals surface area contributed by atoms with Crippen molar-refractivity contribution in [2.45, 2.75) is 37.8 Å². The van der Waals surface area contributed by atoms with Crippen molar-refractivity contribution in [3.8, 4) is 0 Å². The fourth-order valence-electron chi connectivity index (χ4n) is 4.95. The largest absolute Gasteiger partial charge is 0.465 e. The topological polar surface area (TPSA) is 58.6 Å². The highest BCUT2D eigenvalue weighted by Gasteiger charge is 2.53. The van der Waals surface area contributed by atoms with E-state index in [9.17, 15) is 14.0 Å². The van der Waals surface area contributed by atoms with Crippen LogP contribution in [0.25, 0.3) is 0 Å². The first-order valence-corrected chi connectivity index (χ1v) is 12.0. The molecular formula is C28H26ClFN2O3. The van der Waals surface area contributed by atoms with Gasteiger partial charge in [0.15, 0.2) is 0 Å². The van der Waals surface area contributed by atoms with Gasteiger partial charge in [0.2, 0.25) is 0 Å². The SMILES string of the molecule is COC(=O)c1ccc([C@H](C)NC(=O)c2cc(F)cc3c2N(Cc2ccc(Cl)cc2)CC32CC2)cc1. The van der Waals surface area contributed by atoms with Gasteiger partial charge in [-0.2, -0.15) is 0 Å². The Morgan fingerprint density at radius 1 is 1.11 bits per heavy atom. The quantitative estimate of drug-likeness (QED) is 0.441. The molecule has 1 aliphatic carbocycles. The Balaban J connectivity index is 1.42. The first-order chi connectivity index (χ1) is 16.8. The zero-order valence-corrected chi connectivity index (χ0v) is 20.4. The molecule has 180 valence electrons. The number of nitrogens with zero attached hydrogens (tertiary/aromatic N) is 1. The van der Waals surface area contributed by atoms with Gasteiger partial charge in [-0.3, -0.25) is 4.79 Å². The predicted octanol–water partition coefficient (Wildman–Crippen LogP) is 5.81. The Hall–Kier alpha value is -3.38. The van der Waals surface area contributed by atoms with Gasteiger partial charge in [-0.1, -0.05) is 35.9 Å². The van der Waals surface area contributed by atoms with Crippen molar-refractivity contribution in [3.05, 3.63) is 99.3 Å². The average molecular weight is 493 g/mol. The minimum Gasteiger partial charge on any atom is -0.465 e. The van der Waals surface area contributed by atoms with Gasteiger partial charge in [0.05, 0.1) is 30.0 Å². The molecule has 0 unspecified atom stereocenters. The van der Waals surface area contributed by atoms with E-state index in [0.29, 0.717) is 22.7 Å². The highest BCUT2D eigenvalue weighted by Crippen LogP contribution is 2.57. The third-order valence-electron chi connectivity index (χ3n) is 7.02. The number of anilines is 1. The molecule has 0 radical (unpaired) electrons. The molecule has 1 saturated carbocycles. The number of carbonyl (C=O) groups excluding carboxylic acids is 2. The lowest BCUT2D eigenvalue weighted by molar-refractivity contribution is 0.0600. The summed E-state index contributed by atoms with van der Waals surface area (Å²) in [5.41, 5.74) is 4.34. The summed E-state index contributed by atoms with van der Waals surface area (Å²) in [5, 5.41) is 3.68. The summed E-state index contributed by atoms with van der Waals surface area (Å²) in [6.45, 7) is 3.24. The van der Waals surface area contributed by atoms with Gasteiger partial charge >= 0.3 is 5.97 Å². The lowest BCUT2D eigenvalue weighted by atomic mass is 9.95. The van der Waals surface area contributed by atoms with E-state index < -0.39 is 11.8 Å². The number of benzene rings is 3. The summed E-state index contributed by atoms with van der Waals surface area (Å²) >= 11 is 6.05. The van der Waals surface area contributed by atoms with E-state index in [1.54, 1.807) is 30.3 Å². The number of esters is 1. The lowest BCUT2D eigenvalue weighted by Gasteiger charge is -2.23. The number of amides is 1. The van der Waals surface area contributed by atoms with Gasteiger partial charge in [0.1, 0.15) is 5.82 Å². The number of carbonyl (C=O) groups is 2. The predicted molar refractivity (Wildman–Crippen MR) is 133 cm³/mol. The van der Waals surface area contributed by atoms with Gasteiger partial charge in [-0.15, -0.1) is 0 Å². The zero-order chi connectivity index (χ0) is 24.7. The molecule has 3 aromatic rings. The fraction of sp³-hybridized carbons (Fsp3) is 0.286. The van der Waals surface area contributed by atoms with Crippen LogP contribution in [0.4, 0.5) is 10.1 Å². The molecule has 3 aromatic carbocycles.